The molecule has 0 fully saturated rings. The van der Waals surface area contributed by atoms with Gasteiger partial charge in [-0.2, -0.15) is 0 Å². The highest BCUT2D eigenvalue weighted by atomic mass is 16.3. The van der Waals surface area contributed by atoms with Crippen LogP contribution in [0.1, 0.15) is 19.8 Å². The van der Waals surface area contributed by atoms with Crippen molar-refractivity contribution < 1.29 is 9.90 Å². The van der Waals surface area contributed by atoms with Gasteiger partial charge in [-0.3, -0.25) is 0 Å². The molecular weight excluding hydrogens is 218 g/mol. The fourth-order valence-electron chi connectivity index (χ4n) is 1.59. The van der Waals surface area contributed by atoms with Crippen LogP contribution in [-0.4, -0.2) is 34.9 Å². The van der Waals surface area contributed by atoms with E-state index in [9.17, 15) is 4.79 Å². The molecule has 96 valence electrons. The van der Waals surface area contributed by atoms with Gasteiger partial charge in [-0.05, 0) is 25.0 Å². The summed E-state index contributed by atoms with van der Waals surface area (Å²) in [7, 11) is 0. The van der Waals surface area contributed by atoms with Crippen LogP contribution in [0.5, 0.6) is 0 Å². The summed E-state index contributed by atoms with van der Waals surface area (Å²) in [6.45, 7) is 3.44. The SMILES string of the molecule is CCC(CCO)NC(=O)NCCn1cccc1. The van der Waals surface area contributed by atoms with Crippen molar-refractivity contribution in [3.8, 4) is 0 Å². The molecule has 1 aromatic rings. The van der Waals surface area contributed by atoms with Gasteiger partial charge in [0, 0.05) is 38.1 Å². The van der Waals surface area contributed by atoms with Gasteiger partial charge in [0.25, 0.3) is 0 Å². The third-order valence-electron chi connectivity index (χ3n) is 2.63. The largest absolute Gasteiger partial charge is 0.396 e. The molecule has 5 heteroatoms. The van der Waals surface area contributed by atoms with E-state index in [0.29, 0.717) is 13.0 Å². The molecule has 1 unspecified atom stereocenters. The highest BCUT2D eigenvalue weighted by Crippen LogP contribution is 1.95. The number of aliphatic hydroxyl groups excluding tert-OH is 1. The molecule has 0 saturated heterocycles. The summed E-state index contributed by atoms with van der Waals surface area (Å²) in [4.78, 5) is 11.5. The van der Waals surface area contributed by atoms with Gasteiger partial charge in [0.1, 0.15) is 0 Å². The van der Waals surface area contributed by atoms with Crippen molar-refractivity contribution in [3.63, 3.8) is 0 Å². The average Bonchev–Trinajstić information content (AvgIpc) is 2.81. The molecule has 0 aliphatic heterocycles. The molecule has 2 amide bonds. The number of amides is 2. The monoisotopic (exact) mass is 239 g/mol. The van der Waals surface area contributed by atoms with Crippen LogP contribution in [0.2, 0.25) is 0 Å². The minimum atomic E-state index is -0.169. The Morgan fingerprint density at radius 2 is 2.12 bits per heavy atom. The molecule has 1 heterocycles. The normalized spacial score (nSPS) is 12.1. The van der Waals surface area contributed by atoms with Gasteiger partial charge in [-0.1, -0.05) is 6.92 Å². The molecule has 0 aromatic carbocycles. The predicted molar refractivity (Wildman–Crippen MR) is 66.7 cm³/mol. The molecule has 0 spiro atoms. The molecule has 0 aliphatic rings. The van der Waals surface area contributed by atoms with Crippen LogP contribution in [0.25, 0.3) is 0 Å². The van der Waals surface area contributed by atoms with E-state index in [1.165, 1.54) is 0 Å². The first-order valence-electron chi connectivity index (χ1n) is 6.02. The van der Waals surface area contributed by atoms with Crippen molar-refractivity contribution >= 4 is 6.03 Å². The summed E-state index contributed by atoms with van der Waals surface area (Å²) in [6.07, 6.45) is 5.34. The van der Waals surface area contributed by atoms with Gasteiger partial charge in [-0.15, -0.1) is 0 Å². The van der Waals surface area contributed by atoms with E-state index in [-0.39, 0.29) is 18.7 Å². The lowest BCUT2D eigenvalue weighted by molar-refractivity contribution is 0.227. The zero-order valence-electron chi connectivity index (χ0n) is 10.2. The summed E-state index contributed by atoms with van der Waals surface area (Å²) in [6, 6.07) is 3.78. The molecule has 3 N–H and O–H groups in total. The highest BCUT2D eigenvalue weighted by molar-refractivity contribution is 5.74. The van der Waals surface area contributed by atoms with E-state index in [0.717, 1.165) is 13.0 Å². The van der Waals surface area contributed by atoms with Crippen molar-refractivity contribution in [1.29, 1.82) is 0 Å². The van der Waals surface area contributed by atoms with Gasteiger partial charge in [-0.25, -0.2) is 4.79 Å². The Morgan fingerprint density at radius 1 is 1.41 bits per heavy atom. The number of hydrogen-bond acceptors (Lipinski definition) is 2. The first-order chi connectivity index (χ1) is 8.26. The third-order valence-corrected chi connectivity index (χ3v) is 2.63. The number of aromatic nitrogens is 1. The minimum absolute atomic E-state index is 0.0478. The van der Waals surface area contributed by atoms with Crippen molar-refractivity contribution in [1.82, 2.24) is 15.2 Å². The molecule has 0 saturated carbocycles. The minimum Gasteiger partial charge on any atom is -0.396 e. The van der Waals surface area contributed by atoms with Crippen LogP contribution < -0.4 is 10.6 Å². The number of urea groups is 1. The Labute approximate surface area is 102 Å². The molecule has 1 aromatic heterocycles. The van der Waals surface area contributed by atoms with Crippen LogP contribution >= 0.6 is 0 Å². The Kier molecular flexibility index (Phi) is 6.17. The second-order valence-electron chi connectivity index (χ2n) is 3.94. The zero-order valence-corrected chi connectivity index (χ0v) is 10.2. The number of hydrogen-bond donors (Lipinski definition) is 3. The first kappa shape index (κ1) is 13.6. The number of nitrogens with zero attached hydrogens (tertiary/aromatic N) is 1. The van der Waals surface area contributed by atoms with Crippen LogP contribution in [0.3, 0.4) is 0 Å². The van der Waals surface area contributed by atoms with E-state index in [2.05, 4.69) is 10.6 Å². The Balaban J connectivity index is 2.16. The molecular formula is C12H21N3O2. The number of rotatable bonds is 7. The standard InChI is InChI=1S/C12H21N3O2/c1-2-11(5-10-16)14-12(17)13-6-9-15-7-3-4-8-15/h3-4,7-8,11,16H,2,5-6,9-10H2,1H3,(H2,13,14,17). The first-order valence-corrected chi connectivity index (χ1v) is 6.02. The average molecular weight is 239 g/mol. The topological polar surface area (TPSA) is 66.3 Å². The molecule has 0 aliphatic carbocycles. The zero-order chi connectivity index (χ0) is 12.5. The summed E-state index contributed by atoms with van der Waals surface area (Å²) in [5, 5.41) is 14.4. The number of aliphatic hydroxyl groups is 1. The number of nitrogens with one attached hydrogen (secondary N) is 2. The quantitative estimate of drug-likeness (QED) is 0.663. The highest BCUT2D eigenvalue weighted by Gasteiger charge is 2.08. The molecule has 5 nitrogen and oxygen atoms in total. The predicted octanol–water partition coefficient (Wildman–Crippen LogP) is 0.948. The molecule has 1 atom stereocenters. The Bertz CT molecular complexity index is 312. The number of carbonyl (C=O) groups excluding carboxylic acids is 1. The summed E-state index contributed by atoms with van der Waals surface area (Å²) >= 11 is 0. The summed E-state index contributed by atoms with van der Waals surface area (Å²) in [5.74, 6) is 0. The van der Waals surface area contributed by atoms with Crippen LogP contribution in [0.4, 0.5) is 4.79 Å². The van der Waals surface area contributed by atoms with Crippen molar-refractivity contribution in [2.45, 2.75) is 32.4 Å². The third kappa shape index (κ3) is 5.40. The van der Waals surface area contributed by atoms with Crippen LogP contribution in [0.15, 0.2) is 24.5 Å². The second-order valence-corrected chi connectivity index (χ2v) is 3.94. The molecule has 0 bridgehead atoms. The molecule has 1 rings (SSSR count). The Morgan fingerprint density at radius 3 is 2.71 bits per heavy atom. The second kappa shape index (κ2) is 7.73. The maximum absolute atomic E-state index is 11.5. The van der Waals surface area contributed by atoms with Gasteiger partial charge in [0.05, 0.1) is 0 Å². The van der Waals surface area contributed by atoms with Crippen molar-refractivity contribution in [2.24, 2.45) is 0 Å². The van der Waals surface area contributed by atoms with E-state index in [1.807, 2.05) is 36.0 Å². The van der Waals surface area contributed by atoms with Crippen LogP contribution in [0, 0.1) is 0 Å². The van der Waals surface area contributed by atoms with E-state index >= 15 is 0 Å². The summed E-state index contributed by atoms with van der Waals surface area (Å²) < 4.78 is 2.01. The maximum Gasteiger partial charge on any atom is 0.315 e. The number of carbonyl (C=O) groups is 1. The van der Waals surface area contributed by atoms with Gasteiger partial charge < -0.3 is 20.3 Å². The van der Waals surface area contributed by atoms with Crippen molar-refractivity contribution in [2.75, 3.05) is 13.2 Å². The summed E-state index contributed by atoms with van der Waals surface area (Å²) in [5.41, 5.74) is 0. The Hall–Kier alpha value is -1.49. The van der Waals surface area contributed by atoms with E-state index in [1.54, 1.807) is 0 Å². The smallest absolute Gasteiger partial charge is 0.315 e. The van der Waals surface area contributed by atoms with E-state index in [4.69, 9.17) is 5.11 Å². The maximum atomic E-state index is 11.5. The lowest BCUT2D eigenvalue weighted by Gasteiger charge is -2.16. The van der Waals surface area contributed by atoms with Gasteiger partial charge in [0.2, 0.25) is 0 Å². The van der Waals surface area contributed by atoms with Gasteiger partial charge >= 0.3 is 6.03 Å². The fourth-order valence-corrected chi connectivity index (χ4v) is 1.59. The van der Waals surface area contributed by atoms with Crippen LogP contribution in [-0.2, 0) is 6.54 Å². The van der Waals surface area contributed by atoms with E-state index < -0.39 is 0 Å². The molecule has 17 heavy (non-hydrogen) atoms. The van der Waals surface area contributed by atoms with Gasteiger partial charge in [0.15, 0.2) is 0 Å². The lowest BCUT2D eigenvalue weighted by atomic mass is 10.2. The van der Waals surface area contributed by atoms with Crippen molar-refractivity contribution in [3.05, 3.63) is 24.5 Å². The molecule has 0 radical (unpaired) electrons. The fraction of sp³-hybridized carbons (Fsp3) is 0.583. The lowest BCUT2D eigenvalue weighted by Crippen LogP contribution is -2.43.